The summed E-state index contributed by atoms with van der Waals surface area (Å²) in [5, 5.41) is 13.4. The highest BCUT2D eigenvalue weighted by Crippen LogP contribution is 2.12. The topological polar surface area (TPSA) is 68.7 Å². The van der Waals surface area contributed by atoms with Crippen LogP contribution >= 0.6 is 0 Å². The Kier molecular flexibility index (Phi) is 5.47. The largest absolute Gasteiger partial charge is 0.387 e. The number of aliphatic hydroxyl groups is 1. The number of hydrogen-bond donors (Lipinski definition) is 2. The number of anilines is 1. The molecule has 0 saturated carbocycles. The van der Waals surface area contributed by atoms with E-state index in [0.29, 0.717) is 18.8 Å². The average molecular weight is 280 g/mol. The van der Waals surface area contributed by atoms with Gasteiger partial charge in [-0.15, -0.1) is 0 Å². The molecule has 0 bridgehead atoms. The predicted molar refractivity (Wildman–Crippen MR) is 79.9 cm³/mol. The lowest BCUT2D eigenvalue weighted by atomic mass is 10.1. The molecule has 1 aromatic rings. The maximum absolute atomic E-state index is 11.8. The molecule has 0 aliphatic carbocycles. The summed E-state index contributed by atoms with van der Waals surface area (Å²) in [7, 11) is 7.20. The summed E-state index contributed by atoms with van der Waals surface area (Å²) >= 11 is 0. The fourth-order valence-electron chi connectivity index (χ4n) is 1.92. The number of rotatable bonds is 6. The molecule has 6 nitrogen and oxygen atoms in total. The molecule has 1 rings (SSSR count). The second-order valence-electron chi connectivity index (χ2n) is 5.72. The number of carbonyl (C=O) groups excluding carboxylic acids is 1. The average Bonchev–Trinajstić information content (AvgIpc) is 2.34. The van der Waals surface area contributed by atoms with E-state index in [-0.39, 0.29) is 5.91 Å². The van der Waals surface area contributed by atoms with Crippen LogP contribution in [0.1, 0.15) is 17.4 Å². The van der Waals surface area contributed by atoms with Crippen LogP contribution in [0, 0.1) is 0 Å². The zero-order valence-electron chi connectivity index (χ0n) is 12.8. The van der Waals surface area contributed by atoms with Crippen LogP contribution in [0.15, 0.2) is 18.3 Å². The molecule has 112 valence electrons. The quantitative estimate of drug-likeness (QED) is 0.794. The van der Waals surface area contributed by atoms with Crippen LogP contribution in [0.4, 0.5) is 5.69 Å². The highest BCUT2D eigenvalue weighted by Gasteiger charge is 2.21. The van der Waals surface area contributed by atoms with Crippen molar-refractivity contribution in [3.8, 4) is 0 Å². The summed E-state index contributed by atoms with van der Waals surface area (Å²) in [5.74, 6) is -0.145. The maximum Gasteiger partial charge on any atom is 0.272 e. The van der Waals surface area contributed by atoms with Gasteiger partial charge in [0.25, 0.3) is 5.91 Å². The van der Waals surface area contributed by atoms with Gasteiger partial charge in [0, 0.05) is 39.1 Å². The van der Waals surface area contributed by atoms with Crippen molar-refractivity contribution < 1.29 is 9.90 Å². The Bertz CT molecular complexity index is 458. The Morgan fingerprint density at radius 2 is 2.05 bits per heavy atom. The summed E-state index contributed by atoms with van der Waals surface area (Å²) in [6, 6.07) is 3.46. The van der Waals surface area contributed by atoms with Crippen LogP contribution in [-0.4, -0.2) is 72.7 Å². The summed E-state index contributed by atoms with van der Waals surface area (Å²) in [5.41, 5.74) is 0.301. The molecule has 0 spiro atoms. The molecule has 1 atom stereocenters. The van der Waals surface area contributed by atoms with Gasteiger partial charge in [0.2, 0.25) is 0 Å². The molecule has 0 saturated heterocycles. The second kappa shape index (κ2) is 6.67. The van der Waals surface area contributed by atoms with E-state index in [2.05, 4.69) is 10.3 Å². The first-order valence-corrected chi connectivity index (χ1v) is 6.50. The van der Waals surface area contributed by atoms with Gasteiger partial charge in [0.05, 0.1) is 5.60 Å². The van der Waals surface area contributed by atoms with E-state index in [1.807, 2.05) is 19.0 Å². The zero-order valence-corrected chi connectivity index (χ0v) is 12.8. The number of likely N-dealkylation sites (N-methyl/N-ethyl adjacent to an activating group) is 1. The molecule has 1 unspecified atom stereocenters. The highest BCUT2D eigenvalue weighted by atomic mass is 16.3. The number of carbonyl (C=O) groups is 1. The summed E-state index contributed by atoms with van der Waals surface area (Å²) in [6.07, 6.45) is 1.58. The van der Waals surface area contributed by atoms with Crippen molar-refractivity contribution in [2.45, 2.75) is 12.5 Å². The third-order valence-electron chi connectivity index (χ3n) is 2.72. The van der Waals surface area contributed by atoms with Crippen LogP contribution < -0.4 is 5.32 Å². The van der Waals surface area contributed by atoms with Crippen LogP contribution in [-0.2, 0) is 0 Å². The summed E-state index contributed by atoms with van der Waals surface area (Å²) in [4.78, 5) is 19.3. The van der Waals surface area contributed by atoms with E-state index < -0.39 is 5.60 Å². The Morgan fingerprint density at radius 3 is 2.60 bits per heavy atom. The predicted octanol–water partition coefficient (Wildman–Crippen LogP) is 0.508. The molecule has 0 aromatic carbocycles. The van der Waals surface area contributed by atoms with Gasteiger partial charge in [0.1, 0.15) is 5.69 Å². The number of pyridine rings is 1. The van der Waals surface area contributed by atoms with Crippen molar-refractivity contribution in [2.75, 3.05) is 46.6 Å². The van der Waals surface area contributed by atoms with Crippen molar-refractivity contribution in [1.82, 2.24) is 14.8 Å². The Hall–Kier alpha value is -1.66. The fraction of sp³-hybridized carbons (Fsp3) is 0.571. The van der Waals surface area contributed by atoms with Gasteiger partial charge in [-0.05, 0) is 33.2 Å². The summed E-state index contributed by atoms with van der Waals surface area (Å²) < 4.78 is 0. The van der Waals surface area contributed by atoms with Gasteiger partial charge in [-0.1, -0.05) is 0 Å². The first kappa shape index (κ1) is 16.4. The van der Waals surface area contributed by atoms with E-state index in [4.69, 9.17) is 0 Å². The van der Waals surface area contributed by atoms with Crippen molar-refractivity contribution in [2.24, 2.45) is 0 Å². The minimum absolute atomic E-state index is 0.145. The van der Waals surface area contributed by atoms with Gasteiger partial charge in [0.15, 0.2) is 0 Å². The molecular formula is C14H24N4O2. The van der Waals surface area contributed by atoms with E-state index in [0.717, 1.165) is 5.69 Å². The Labute approximate surface area is 120 Å². The fourth-order valence-corrected chi connectivity index (χ4v) is 1.92. The smallest absolute Gasteiger partial charge is 0.272 e. The minimum Gasteiger partial charge on any atom is -0.387 e. The zero-order chi connectivity index (χ0) is 15.3. The highest BCUT2D eigenvalue weighted by molar-refractivity contribution is 5.92. The standard InChI is InChI=1S/C14H24N4O2/c1-14(20,10-17(2)3)9-16-11-6-7-15-12(8-11)13(19)18(4)5/h6-8,20H,9-10H2,1-5H3,(H,15,16). The molecule has 2 N–H and O–H groups in total. The summed E-state index contributed by atoms with van der Waals surface area (Å²) in [6.45, 7) is 2.71. The first-order chi connectivity index (χ1) is 9.21. The number of nitrogens with one attached hydrogen (secondary N) is 1. The Balaban J connectivity index is 2.70. The van der Waals surface area contributed by atoms with E-state index in [1.54, 1.807) is 39.3 Å². The van der Waals surface area contributed by atoms with Gasteiger partial charge >= 0.3 is 0 Å². The van der Waals surface area contributed by atoms with Gasteiger partial charge in [-0.2, -0.15) is 0 Å². The van der Waals surface area contributed by atoms with Crippen molar-refractivity contribution in [3.63, 3.8) is 0 Å². The lowest BCUT2D eigenvalue weighted by Crippen LogP contribution is -2.43. The van der Waals surface area contributed by atoms with Gasteiger partial charge in [-0.3, -0.25) is 9.78 Å². The lowest BCUT2D eigenvalue weighted by molar-refractivity contribution is 0.0460. The molecule has 0 aliphatic heterocycles. The van der Waals surface area contributed by atoms with Gasteiger partial charge in [-0.25, -0.2) is 0 Å². The van der Waals surface area contributed by atoms with Crippen LogP contribution in [0.3, 0.4) is 0 Å². The lowest BCUT2D eigenvalue weighted by Gasteiger charge is -2.27. The van der Waals surface area contributed by atoms with Crippen LogP contribution in [0.5, 0.6) is 0 Å². The number of aromatic nitrogens is 1. The molecule has 1 amide bonds. The third kappa shape index (κ3) is 5.14. The molecular weight excluding hydrogens is 256 g/mol. The monoisotopic (exact) mass is 280 g/mol. The van der Waals surface area contributed by atoms with Crippen LogP contribution in [0.2, 0.25) is 0 Å². The number of hydrogen-bond acceptors (Lipinski definition) is 5. The molecule has 1 heterocycles. The van der Waals surface area contributed by atoms with Crippen molar-refractivity contribution in [3.05, 3.63) is 24.0 Å². The van der Waals surface area contributed by atoms with Crippen molar-refractivity contribution >= 4 is 11.6 Å². The molecule has 0 fully saturated rings. The van der Waals surface area contributed by atoms with Crippen LogP contribution in [0.25, 0.3) is 0 Å². The number of nitrogens with zero attached hydrogens (tertiary/aromatic N) is 3. The van der Waals surface area contributed by atoms with Crippen molar-refractivity contribution in [1.29, 1.82) is 0 Å². The SMILES string of the molecule is CN(C)CC(C)(O)CNc1ccnc(C(=O)N(C)C)c1. The third-order valence-corrected chi connectivity index (χ3v) is 2.72. The normalized spacial score (nSPS) is 13.9. The first-order valence-electron chi connectivity index (χ1n) is 6.50. The van der Waals surface area contributed by atoms with Gasteiger partial charge < -0.3 is 20.2 Å². The second-order valence-corrected chi connectivity index (χ2v) is 5.72. The maximum atomic E-state index is 11.8. The molecule has 0 radical (unpaired) electrons. The molecule has 1 aromatic heterocycles. The molecule has 0 aliphatic rings. The molecule has 20 heavy (non-hydrogen) atoms. The number of amides is 1. The minimum atomic E-state index is -0.849. The van der Waals surface area contributed by atoms with E-state index >= 15 is 0 Å². The van der Waals surface area contributed by atoms with E-state index in [9.17, 15) is 9.90 Å². The Morgan fingerprint density at radius 1 is 1.40 bits per heavy atom. The van der Waals surface area contributed by atoms with E-state index in [1.165, 1.54) is 4.90 Å². The molecule has 6 heteroatoms.